The number of hydrogen-bond acceptors (Lipinski definition) is 0. The fraction of sp³-hybridized carbons (Fsp3) is 0.435. The summed E-state index contributed by atoms with van der Waals surface area (Å²) in [7, 11) is 2.19. The van der Waals surface area contributed by atoms with Crippen LogP contribution in [0.25, 0.3) is 22.4 Å². The summed E-state index contributed by atoms with van der Waals surface area (Å²) in [5.74, 6) is 1.83. The van der Waals surface area contributed by atoms with Crippen molar-refractivity contribution >= 4 is 11.0 Å². The predicted octanol–water partition coefficient (Wildman–Crippen LogP) is 5.63. The first-order chi connectivity index (χ1) is 11.6. The van der Waals surface area contributed by atoms with Crippen LogP contribution in [0.15, 0.2) is 36.4 Å². The second-order valence-electron chi connectivity index (χ2n) is 8.56. The number of aryl methyl sites for hydroxylation is 3. The molecule has 0 bridgehead atoms. The summed E-state index contributed by atoms with van der Waals surface area (Å²) in [6.45, 7) is 15.9. The zero-order valence-electron chi connectivity index (χ0n) is 16.9. The quantitative estimate of drug-likeness (QED) is 0.537. The Bertz CT molecular complexity index is 937. The van der Waals surface area contributed by atoms with Gasteiger partial charge in [-0.1, -0.05) is 32.0 Å². The first-order valence-corrected chi connectivity index (χ1v) is 9.24. The fourth-order valence-electron chi connectivity index (χ4n) is 4.00. The van der Waals surface area contributed by atoms with Crippen LogP contribution in [0.3, 0.4) is 0 Å². The molecule has 132 valence electrons. The largest absolute Gasteiger partial charge is 0.290 e. The Morgan fingerprint density at radius 3 is 2.20 bits per heavy atom. The Labute approximate surface area is 152 Å². The van der Waals surface area contributed by atoms with Crippen molar-refractivity contribution in [3.05, 3.63) is 53.1 Å². The van der Waals surface area contributed by atoms with Gasteiger partial charge in [0.2, 0.25) is 0 Å². The van der Waals surface area contributed by atoms with Crippen molar-refractivity contribution in [2.45, 2.75) is 59.9 Å². The monoisotopic (exact) mass is 335 g/mol. The van der Waals surface area contributed by atoms with Crippen molar-refractivity contribution < 1.29 is 4.57 Å². The Hall–Kier alpha value is -2.09. The van der Waals surface area contributed by atoms with Gasteiger partial charge in [-0.25, -0.2) is 9.13 Å². The molecule has 0 aliphatic carbocycles. The van der Waals surface area contributed by atoms with Gasteiger partial charge in [0.05, 0.1) is 12.6 Å². The number of hydrogen-bond donors (Lipinski definition) is 0. The van der Waals surface area contributed by atoms with E-state index in [1.54, 1.807) is 0 Å². The minimum atomic E-state index is 0.00720. The number of aromatic nitrogens is 2. The second-order valence-corrected chi connectivity index (χ2v) is 8.56. The van der Waals surface area contributed by atoms with Crippen LogP contribution in [0.1, 0.15) is 57.2 Å². The highest BCUT2D eigenvalue weighted by Gasteiger charge is 2.32. The van der Waals surface area contributed by atoms with Crippen molar-refractivity contribution in [3.8, 4) is 11.4 Å². The number of imidazole rings is 1. The van der Waals surface area contributed by atoms with Gasteiger partial charge in [-0.3, -0.25) is 0 Å². The van der Waals surface area contributed by atoms with E-state index in [2.05, 4.69) is 101 Å². The zero-order valence-corrected chi connectivity index (χ0v) is 16.9. The Balaban J connectivity index is 2.41. The van der Waals surface area contributed by atoms with Gasteiger partial charge in [-0.15, -0.1) is 0 Å². The molecule has 0 unspecified atom stereocenters. The molecule has 2 nitrogen and oxygen atoms in total. The first kappa shape index (κ1) is 17.7. The zero-order chi connectivity index (χ0) is 18.5. The molecule has 2 aromatic carbocycles. The molecule has 1 heterocycles. The van der Waals surface area contributed by atoms with Crippen molar-refractivity contribution in [1.82, 2.24) is 4.57 Å². The van der Waals surface area contributed by atoms with Gasteiger partial charge in [-0.2, -0.15) is 0 Å². The van der Waals surface area contributed by atoms with Gasteiger partial charge in [0.15, 0.2) is 11.0 Å². The van der Waals surface area contributed by atoms with Crippen molar-refractivity contribution in [1.29, 1.82) is 0 Å². The smallest absolute Gasteiger partial charge is 0.226 e. The summed E-state index contributed by atoms with van der Waals surface area (Å²) < 4.78 is 4.83. The summed E-state index contributed by atoms with van der Waals surface area (Å²) in [6.07, 6.45) is 0. The lowest BCUT2D eigenvalue weighted by Gasteiger charge is -2.20. The molecule has 0 saturated carbocycles. The van der Waals surface area contributed by atoms with Crippen LogP contribution >= 0.6 is 0 Å². The molecule has 0 saturated heterocycles. The molecular weight excluding hydrogens is 304 g/mol. The van der Waals surface area contributed by atoms with Crippen LogP contribution in [0.4, 0.5) is 0 Å². The second kappa shape index (κ2) is 6.01. The average Bonchev–Trinajstić information content (AvgIpc) is 2.82. The molecule has 0 N–H and O–H groups in total. The minimum Gasteiger partial charge on any atom is -0.226 e. The molecule has 25 heavy (non-hydrogen) atoms. The maximum Gasteiger partial charge on any atom is 0.290 e. The molecule has 0 atom stereocenters. The molecule has 0 aliphatic rings. The molecule has 0 amide bonds. The van der Waals surface area contributed by atoms with E-state index in [1.165, 1.54) is 39.1 Å². The minimum absolute atomic E-state index is 0.00720. The topological polar surface area (TPSA) is 8.81 Å². The van der Waals surface area contributed by atoms with E-state index in [4.69, 9.17) is 0 Å². The number of benzene rings is 2. The van der Waals surface area contributed by atoms with E-state index < -0.39 is 0 Å². The van der Waals surface area contributed by atoms with E-state index in [9.17, 15) is 0 Å². The third-order valence-electron chi connectivity index (χ3n) is 5.16. The van der Waals surface area contributed by atoms with Gasteiger partial charge in [0.25, 0.3) is 5.82 Å². The van der Waals surface area contributed by atoms with Gasteiger partial charge in [-0.05, 0) is 75.4 Å². The standard InChI is InChI=1S/C23H31N2/c1-15(2)18-13-17(4)19(14-16(18)3)22-24(8)20-11-9-10-12-21(20)25(22)23(5,6)7/h9-15H,1-8H3/q+1. The van der Waals surface area contributed by atoms with Crippen molar-refractivity contribution in [2.75, 3.05) is 0 Å². The number of nitrogens with zero attached hydrogens (tertiary/aromatic N) is 2. The van der Waals surface area contributed by atoms with Crippen LogP contribution in [-0.2, 0) is 12.6 Å². The molecule has 3 rings (SSSR count). The normalized spacial score (nSPS) is 12.4. The Morgan fingerprint density at radius 1 is 0.960 bits per heavy atom. The van der Waals surface area contributed by atoms with Gasteiger partial charge in [0.1, 0.15) is 5.54 Å². The van der Waals surface area contributed by atoms with Gasteiger partial charge in [0, 0.05) is 0 Å². The number of para-hydroxylation sites is 2. The summed E-state index contributed by atoms with van der Waals surface area (Å²) in [6, 6.07) is 13.5. The van der Waals surface area contributed by atoms with E-state index in [0.29, 0.717) is 5.92 Å². The molecule has 0 spiro atoms. The third-order valence-corrected chi connectivity index (χ3v) is 5.16. The Morgan fingerprint density at radius 2 is 1.60 bits per heavy atom. The van der Waals surface area contributed by atoms with E-state index in [-0.39, 0.29) is 5.54 Å². The maximum absolute atomic E-state index is 2.49. The lowest BCUT2D eigenvalue weighted by atomic mass is 9.92. The molecular formula is C23H31N2+. The van der Waals surface area contributed by atoms with E-state index >= 15 is 0 Å². The molecule has 2 heteroatoms. The van der Waals surface area contributed by atoms with Crippen LogP contribution in [0.2, 0.25) is 0 Å². The molecule has 0 aliphatic heterocycles. The highest BCUT2D eigenvalue weighted by Crippen LogP contribution is 2.33. The van der Waals surface area contributed by atoms with Crippen LogP contribution < -0.4 is 4.57 Å². The van der Waals surface area contributed by atoms with E-state index in [1.807, 2.05) is 0 Å². The van der Waals surface area contributed by atoms with Crippen molar-refractivity contribution in [2.24, 2.45) is 7.05 Å². The maximum atomic E-state index is 2.49. The van der Waals surface area contributed by atoms with E-state index in [0.717, 1.165) is 0 Å². The fourth-order valence-corrected chi connectivity index (χ4v) is 4.00. The summed E-state index contributed by atoms with van der Waals surface area (Å²) in [5.41, 5.74) is 8.07. The van der Waals surface area contributed by atoms with Crippen LogP contribution in [0, 0.1) is 13.8 Å². The lowest BCUT2D eigenvalue weighted by Crippen LogP contribution is -2.33. The molecule has 3 aromatic rings. The highest BCUT2D eigenvalue weighted by atomic mass is 15.2. The molecule has 0 radical (unpaired) electrons. The first-order valence-electron chi connectivity index (χ1n) is 9.24. The molecule has 0 fully saturated rings. The van der Waals surface area contributed by atoms with Gasteiger partial charge < -0.3 is 0 Å². The molecule has 1 aromatic heterocycles. The SMILES string of the molecule is Cc1cc(C(C)C)c(C)cc1-c1n(C(C)(C)C)c2ccccc2[n+]1C. The highest BCUT2D eigenvalue weighted by molar-refractivity contribution is 5.77. The average molecular weight is 336 g/mol. The predicted molar refractivity (Wildman–Crippen MR) is 107 cm³/mol. The third kappa shape index (κ3) is 2.88. The van der Waals surface area contributed by atoms with Crippen LogP contribution in [0.5, 0.6) is 0 Å². The summed E-state index contributed by atoms with van der Waals surface area (Å²) in [4.78, 5) is 0. The number of fused-ring (bicyclic) bond motifs is 1. The summed E-state index contributed by atoms with van der Waals surface area (Å²) >= 11 is 0. The Kier molecular flexibility index (Phi) is 4.26. The lowest BCUT2D eigenvalue weighted by molar-refractivity contribution is -0.634. The van der Waals surface area contributed by atoms with Gasteiger partial charge >= 0.3 is 0 Å². The van der Waals surface area contributed by atoms with Crippen LogP contribution in [-0.4, -0.2) is 4.57 Å². The van der Waals surface area contributed by atoms with Crippen molar-refractivity contribution in [3.63, 3.8) is 0 Å². The number of rotatable bonds is 2. The summed E-state index contributed by atoms with van der Waals surface area (Å²) in [5, 5.41) is 0.